The molecule has 0 radical (unpaired) electrons. The molecule has 0 aromatic heterocycles. The van der Waals surface area contributed by atoms with Crippen LogP contribution in [0.3, 0.4) is 0 Å². The zero-order valence-electron chi connectivity index (χ0n) is 33.9. The number of allylic oxidation sites excluding steroid dienone is 1. The SMILES string of the molecule is CC(C)CCC[C@@H](C)[C@H]1CC[C@H]2[C@@H]3CC=C4C[C@@H](OCCOCCOCCOCCOCCOCCOCCOCCO)CC[C@]4(C)[C@H]3CC[C@]12C. The van der Waals surface area contributed by atoms with Crippen molar-refractivity contribution in [2.45, 2.75) is 111 Å². The smallest absolute Gasteiger partial charge is 0.0704 e. The number of hydrogen-bond acceptors (Lipinski definition) is 9. The Kier molecular flexibility index (Phi) is 20.4. The number of hydrogen-bond donors (Lipinski definition) is 1. The van der Waals surface area contributed by atoms with Crippen LogP contribution in [0.1, 0.15) is 105 Å². The molecule has 0 bridgehead atoms. The highest BCUT2D eigenvalue weighted by Gasteiger charge is 2.59. The Morgan fingerprint density at radius 1 is 0.635 bits per heavy atom. The van der Waals surface area contributed by atoms with Gasteiger partial charge in [-0.25, -0.2) is 0 Å². The average molecular weight is 739 g/mol. The van der Waals surface area contributed by atoms with Crippen LogP contribution in [0.4, 0.5) is 0 Å². The largest absolute Gasteiger partial charge is 0.394 e. The molecule has 0 saturated heterocycles. The fourth-order valence-corrected chi connectivity index (χ4v) is 10.6. The summed E-state index contributed by atoms with van der Waals surface area (Å²) in [5.74, 6) is 5.31. The van der Waals surface area contributed by atoms with Crippen molar-refractivity contribution in [2.24, 2.45) is 46.3 Å². The maximum Gasteiger partial charge on any atom is 0.0704 e. The topological polar surface area (TPSA) is 94.1 Å². The van der Waals surface area contributed by atoms with Gasteiger partial charge < -0.3 is 43.0 Å². The molecule has 0 aliphatic heterocycles. The van der Waals surface area contributed by atoms with Crippen LogP contribution in [0.25, 0.3) is 0 Å². The fourth-order valence-electron chi connectivity index (χ4n) is 10.6. The highest BCUT2D eigenvalue weighted by molar-refractivity contribution is 5.25. The predicted octanol–water partition coefficient (Wildman–Crippen LogP) is 7.52. The molecular formula is C43H78O9. The summed E-state index contributed by atoms with van der Waals surface area (Å²) in [4.78, 5) is 0. The van der Waals surface area contributed by atoms with Crippen LogP contribution in [0.2, 0.25) is 0 Å². The standard InChI is InChI=1S/C43H78O9/c1-34(2)7-6-8-35(3)39-11-12-40-38-10-9-36-33-37(13-15-42(36,4)41(38)14-16-43(39,40)5)52-32-31-51-30-29-50-28-27-49-26-25-48-24-23-47-22-21-46-20-19-45-18-17-44/h9,34-35,37-41,44H,6-8,10-33H2,1-5H3/t35-,37+,38+,39-,40+,41+,42+,43-/m1/s1. The zero-order valence-corrected chi connectivity index (χ0v) is 33.9. The van der Waals surface area contributed by atoms with Crippen molar-refractivity contribution >= 4 is 0 Å². The van der Waals surface area contributed by atoms with Crippen LogP contribution in [0, 0.1) is 46.3 Å². The quantitative estimate of drug-likeness (QED) is 0.0618. The van der Waals surface area contributed by atoms with Gasteiger partial charge in [0.05, 0.1) is 112 Å². The van der Waals surface area contributed by atoms with E-state index in [0.717, 1.165) is 41.9 Å². The third-order valence-corrected chi connectivity index (χ3v) is 13.3. The molecule has 8 atom stereocenters. The van der Waals surface area contributed by atoms with Crippen LogP contribution >= 0.6 is 0 Å². The van der Waals surface area contributed by atoms with Crippen LogP contribution in [-0.2, 0) is 37.9 Å². The molecule has 1 N–H and O–H groups in total. The summed E-state index contributed by atoms with van der Waals surface area (Å²) in [5.41, 5.74) is 2.64. The summed E-state index contributed by atoms with van der Waals surface area (Å²) >= 11 is 0. The van der Waals surface area contributed by atoms with Crippen molar-refractivity contribution in [3.05, 3.63) is 11.6 Å². The molecule has 4 rings (SSSR count). The van der Waals surface area contributed by atoms with E-state index >= 15 is 0 Å². The lowest BCUT2D eigenvalue weighted by Crippen LogP contribution is -2.51. The van der Waals surface area contributed by atoms with E-state index in [2.05, 4.69) is 40.7 Å². The minimum absolute atomic E-state index is 0.0344. The Morgan fingerprint density at radius 3 is 1.71 bits per heavy atom. The summed E-state index contributed by atoms with van der Waals surface area (Å²) in [7, 11) is 0. The third kappa shape index (κ3) is 13.5. The molecule has 9 heteroatoms. The highest BCUT2D eigenvalue weighted by Crippen LogP contribution is 2.67. The van der Waals surface area contributed by atoms with Crippen molar-refractivity contribution in [1.29, 1.82) is 0 Å². The number of rotatable bonds is 29. The van der Waals surface area contributed by atoms with Crippen molar-refractivity contribution in [2.75, 3.05) is 106 Å². The molecule has 9 nitrogen and oxygen atoms in total. The van der Waals surface area contributed by atoms with E-state index in [0.29, 0.717) is 116 Å². The first-order chi connectivity index (χ1) is 25.3. The molecular weight excluding hydrogens is 660 g/mol. The molecule has 304 valence electrons. The van der Waals surface area contributed by atoms with Gasteiger partial charge in [0, 0.05) is 0 Å². The van der Waals surface area contributed by atoms with Crippen LogP contribution in [-0.4, -0.2) is 117 Å². The van der Waals surface area contributed by atoms with Gasteiger partial charge in [0.25, 0.3) is 0 Å². The van der Waals surface area contributed by atoms with E-state index in [4.69, 9.17) is 43.0 Å². The lowest BCUT2D eigenvalue weighted by Gasteiger charge is -2.58. The molecule has 3 saturated carbocycles. The van der Waals surface area contributed by atoms with Crippen LogP contribution < -0.4 is 0 Å². The Bertz CT molecular complexity index is 976. The van der Waals surface area contributed by atoms with Gasteiger partial charge in [-0.1, -0.05) is 65.5 Å². The maximum atomic E-state index is 8.63. The van der Waals surface area contributed by atoms with Gasteiger partial charge >= 0.3 is 0 Å². The van der Waals surface area contributed by atoms with Gasteiger partial charge in [-0.3, -0.25) is 0 Å². The normalized spacial score (nSPS) is 30.6. The van der Waals surface area contributed by atoms with E-state index < -0.39 is 0 Å². The molecule has 0 amide bonds. The summed E-state index contributed by atoms with van der Waals surface area (Å²) < 4.78 is 44.8. The summed E-state index contributed by atoms with van der Waals surface area (Å²) in [6.07, 6.45) is 17.9. The monoisotopic (exact) mass is 739 g/mol. The minimum Gasteiger partial charge on any atom is -0.394 e. The summed E-state index contributed by atoms with van der Waals surface area (Å²) in [6, 6.07) is 0. The number of ether oxygens (including phenoxy) is 8. The van der Waals surface area contributed by atoms with Crippen molar-refractivity contribution in [1.82, 2.24) is 0 Å². The summed E-state index contributed by atoms with van der Waals surface area (Å²) in [6.45, 7) is 20.7. The van der Waals surface area contributed by atoms with Gasteiger partial charge in [0.15, 0.2) is 0 Å². The van der Waals surface area contributed by atoms with Crippen molar-refractivity contribution in [3.63, 3.8) is 0 Å². The second-order valence-electron chi connectivity index (χ2n) is 17.0. The van der Waals surface area contributed by atoms with E-state index in [1.807, 2.05) is 0 Å². The van der Waals surface area contributed by atoms with Crippen LogP contribution in [0.15, 0.2) is 11.6 Å². The van der Waals surface area contributed by atoms with Crippen molar-refractivity contribution < 1.29 is 43.0 Å². The highest BCUT2D eigenvalue weighted by atomic mass is 16.6. The first-order valence-corrected chi connectivity index (χ1v) is 21.3. The second kappa shape index (κ2) is 24.1. The molecule has 0 aromatic rings. The van der Waals surface area contributed by atoms with E-state index in [9.17, 15) is 0 Å². The van der Waals surface area contributed by atoms with Crippen molar-refractivity contribution in [3.8, 4) is 0 Å². The molecule has 0 unspecified atom stereocenters. The summed E-state index contributed by atoms with van der Waals surface area (Å²) in [5, 5.41) is 8.63. The van der Waals surface area contributed by atoms with Gasteiger partial charge in [-0.2, -0.15) is 0 Å². The third-order valence-electron chi connectivity index (χ3n) is 13.3. The van der Waals surface area contributed by atoms with E-state index in [1.165, 1.54) is 64.2 Å². The second-order valence-corrected chi connectivity index (χ2v) is 17.0. The Morgan fingerprint density at radius 2 is 1.17 bits per heavy atom. The molecule has 3 fully saturated rings. The Balaban J connectivity index is 0.977. The van der Waals surface area contributed by atoms with Gasteiger partial charge in [0.2, 0.25) is 0 Å². The Labute approximate surface area is 317 Å². The molecule has 0 spiro atoms. The van der Waals surface area contributed by atoms with Gasteiger partial charge in [-0.15, -0.1) is 0 Å². The molecule has 4 aliphatic carbocycles. The zero-order chi connectivity index (χ0) is 37.1. The lowest BCUT2D eigenvalue weighted by atomic mass is 9.47. The minimum atomic E-state index is 0.0344. The van der Waals surface area contributed by atoms with Gasteiger partial charge in [-0.05, 0) is 97.7 Å². The average Bonchev–Trinajstić information content (AvgIpc) is 3.49. The van der Waals surface area contributed by atoms with Crippen LogP contribution in [0.5, 0.6) is 0 Å². The molecule has 0 aromatic carbocycles. The first-order valence-electron chi connectivity index (χ1n) is 21.3. The first kappa shape index (κ1) is 44.1. The Hall–Kier alpha value is -0.620. The number of fused-ring (bicyclic) bond motifs is 5. The number of aliphatic hydroxyl groups is 1. The lowest BCUT2D eigenvalue weighted by molar-refractivity contribution is -0.0692. The molecule has 4 aliphatic rings. The molecule has 0 heterocycles. The van der Waals surface area contributed by atoms with E-state index in [1.54, 1.807) is 5.57 Å². The maximum absolute atomic E-state index is 8.63. The fraction of sp³-hybridized carbons (Fsp3) is 0.953. The predicted molar refractivity (Wildman–Crippen MR) is 206 cm³/mol. The molecule has 52 heavy (non-hydrogen) atoms. The van der Waals surface area contributed by atoms with Gasteiger partial charge in [0.1, 0.15) is 0 Å². The van der Waals surface area contributed by atoms with E-state index in [-0.39, 0.29) is 6.61 Å². The number of aliphatic hydroxyl groups excluding tert-OH is 1.